The molecule has 1 aliphatic rings. The van der Waals surface area contributed by atoms with Crippen molar-refractivity contribution in [3.8, 4) is 0 Å². The Kier molecular flexibility index (Phi) is 4.55. The minimum absolute atomic E-state index is 0.121. The third-order valence-corrected chi connectivity index (χ3v) is 4.29. The zero-order valence-corrected chi connectivity index (χ0v) is 13.5. The van der Waals surface area contributed by atoms with Gasteiger partial charge in [-0.25, -0.2) is 0 Å². The van der Waals surface area contributed by atoms with Gasteiger partial charge in [0.15, 0.2) is 0 Å². The van der Waals surface area contributed by atoms with Crippen LogP contribution < -0.4 is 0 Å². The summed E-state index contributed by atoms with van der Waals surface area (Å²) >= 11 is 0. The minimum Gasteiger partial charge on any atom is -0.367 e. The fourth-order valence-electron chi connectivity index (χ4n) is 2.86. The topological polar surface area (TPSA) is 43.2 Å². The lowest BCUT2D eigenvalue weighted by Gasteiger charge is -2.39. The Bertz CT molecular complexity index is 596. The number of hydrogen-bond donors (Lipinski definition) is 0. The van der Waals surface area contributed by atoms with E-state index in [9.17, 15) is 0 Å². The van der Waals surface area contributed by atoms with Gasteiger partial charge in [-0.15, -0.1) is 10.2 Å². The number of hydrogen-bond acceptors (Lipinski definition) is 4. The van der Waals surface area contributed by atoms with Crippen LogP contribution in [0.3, 0.4) is 0 Å². The highest BCUT2D eigenvalue weighted by Gasteiger charge is 2.31. The normalized spacial score (nSPS) is 23.1. The monoisotopic (exact) mass is 300 g/mol. The Balaban J connectivity index is 1.77. The van der Waals surface area contributed by atoms with E-state index in [0.29, 0.717) is 5.92 Å². The highest BCUT2D eigenvalue weighted by Crippen LogP contribution is 2.28. The maximum atomic E-state index is 6.33. The SMILES string of the molecule is CC(C)[C@H]1CN(Cc2nncn2C)C[C@@H](c2ccccc2)O1. The lowest BCUT2D eigenvalue weighted by molar-refractivity contribution is -0.108. The molecule has 2 heterocycles. The Hall–Kier alpha value is -1.72. The standard InChI is InChI=1S/C17H24N4O/c1-13(2)15-9-21(11-17-19-18-12-20(17)3)10-16(22-15)14-7-5-4-6-8-14/h4-8,12-13,15-16H,9-11H2,1-3H3/t15-,16+/m1/s1. The van der Waals surface area contributed by atoms with Gasteiger partial charge in [-0.3, -0.25) is 4.90 Å². The first kappa shape index (κ1) is 15.2. The molecule has 0 radical (unpaired) electrons. The number of aromatic nitrogens is 3. The fourth-order valence-corrected chi connectivity index (χ4v) is 2.86. The summed E-state index contributed by atoms with van der Waals surface area (Å²) in [5.41, 5.74) is 1.25. The van der Waals surface area contributed by atoms with Crippen molar-refractivity contribution in [2.24, 2.45) is 13.0 Å². The molecule has 1 aromatic carbocycles. The average molecular weight is 300 g/mol. The first-order valence-electron chi connectivity index (χ1n) is 7.89. The second kappa shape index (κ2) is 6.58. The summed E-state index contributed by atoms with van der Waals surface area (Å²) in [5, 5.41) is 8.18. The number of aryl methyl sites for hydroxylation is 1. The van der Waals surface area contributed by atoms with Crippen molar-refractivity contribution >= 4 is 0 Å². The van der Waals surface area contributed by atoms with Gasteiger partial charge in [-0.05, 0) is 11.5 Å². The molecule has 1 aromatic heterocycles. The molecule has 22 heavy (non-hydrogen) atoms. The molecule has 0 unspecified atom stereocenters. The van der Waals surface area contributed by atoms with Crippen LogP contribution in [0.25, 0.3) is 0 Å². The van der Waals surface area contributed by atoms with Crippen molar-refractivity contribution in [3.05, 3.63) is 48.0 Å². The second-order valence-corrected chi connectivity index (χ2v) is 6.37. The predicted molar refractivity (Wildman–Crippen MR) is 85.2 cm³/mol. The van der Waals surface area contributed by atoms with Crippen molar-refractivity contribution in [2.45, 2.75) is 32.6 Å². The minimum atomic E-state index is 0.121. The number of morpholine rings is 1. The molecule has 1 fully saturated rings. The van der Waals surface area contributed by atoms with Crippen LogP contribution in [0.15, 0.2) is 36.7 Å². The third kappa shape index (κ3) is 3.36. The fraction of sp³-hybridized carbons (Fsp3) is 0.529. The van der Waals surface area contributed by atoms with Crippen LogP contribution in [0.4, 0.5) is 0 Å². The third-order valence-electron chi connectivity index (χ3n) is 4.29. The number of ether oxygens (including phenoxy) is 1. The molecule has 1 saturated heterocycles. The van der Waals surface area contributed by atoms with Crippen LogP contribution >= 0.6 is 0 Å². The van der Waals surface area contributed by atoms with E-state index in [2.05, 4.69) is 53.2 Å². The van der Waals surface area contributed by atoms with Gasteiger partial charge in [0, 0.05) is 20.1 Å². The molecule has 1 aliphatic heterocycles. The Morgan fingerprint density at radius 2 is 2.00 bits per heavy atom. The molecule has 0 saturated carbocycles. The molecule has 5 nitrogen and oxygen atoms in total. The van der Waals surface area contributed by atoms with Crippen molar-refractivity contribution in [1.82, 2.24) is 19.7 Å². The van der Waals surface area contributed by atoms with Crippen molar-refractivity contribution < 1.29 is 4.74 Å². The van der Waals surface area contributed by atoms with Crippen molar-refractivity contribution in [3.63, 3.8) is 0 Å². The molecular formula is C17H24N4O. The van der Waals surface area contributed by atoms with E-state index in [1.54, 1.807) is 6.33 Å². The number of rotatable bonds is 4. The van der Waals surface area contributed by atoms with Crippen molar-refractivity contribution in [1.29, 1.82) is 0 Å². The molecule has 3 rings (SSSR count). The molecule has 5 heteroatoms. The van der Waals surface area contributed by atoms with E-state index in [4.69, 9.17) is 4.74 Å². The molecule has 2 atom stereocenters. The van der Waals surface area contributed by atoms with Crippen molar-refractivity contribution in [2.75, 3.05) is 13.1 Å². The van der Waals surface area contributed by atoms with Gasteiger partial charge >= 0.3 is 0 Å². The first-order chi connectivity index (χ1) is 10.6. The molecule has 0 aliphatic carbocycles. The van der Waals surface area contributed by atoms with Gasteiger partial charge in [-0.1, -0.05) is 44.2 Å². The molecule has 0 spiro atoms. The summed E-state index contributed by atoms with van der Waals surface area (Å²) in [7, 11) is 1.99. The van der Waals surface area contributed by atoms with Gasteiger partial charge in [0.05, 0.1) is 18.8 Å². The molecule has 118 valence electrons. The van der Waals surface area contributed by atoms with E-state index < -0.39 is 0 Å². The maximum absolute atomic E-state index is 6.33. The van der Waals surface area contributed by atoms with Crippen LogP contribution in [0.5, 0.6) is 0 Å². The summed E-state index contributed by atoms with van der Waals surface area (Å²) in [5.74, 6) is 1.49. The largest absolute Gasteiger partial charge is 0.367 e. The summed E-state index contributed by atoms with van der Waals surface area (Å²) in [4.78, 5) is 2.43. The lowest BCUT2D eigenvalue weighted by atomic mass is 10.0. The Labute approximate surface area is 131 Å². The van der Waals surface area contributed by atoms with Crippen LogP contribution in [0, 0.1) is 5.92 Å². The zero-order chi connectivity index (χ0) is 15.5. The number of benzene rings is 1. The van der Waals surface area contributed by atoms with Gasteiger partial charge in [0.2, 0.25) is 0 Å². The highest BCUT2D eigenvalue weighted by atomic mass is 16.5. The summed E-state index contributed by atoms with van der Waals surface area (Å²) in [6, 6.07) is 10.5. The predicted octanol–water partition coefficient (Wildman–Crippen LogP) is 2.41. The Morgan fingerprint density at radius 3 is 2.64 bits per heavy atom. The van der Waals surface area contributed by atoms with Crippen LogP contribution in [0.2, 0.25) is 0 Å². The van der Waals surface area contributed by atoms with Gasteiger partial charge in [0.25, 0.3) is 0 Å². The quantitative estimate of drug-likeness (QED) is 0.870. The number of nitrogens with zero attached hydrogens (tertiary/aromatic N) is 4. The highest BCUT2D eigenvalue weighted by molar-refractivity contribution is 5.18. The zero-order valence-electron chi connectivity index (χ0n) is 13.5. The Morgan fingerprint density at radius 1 is 1.23 bits per heavy atom. The lowest BCUT2D eigenvalue weighted by Crippen LogP contribution is -2.45. The maximum Gasteiger partial charge on any atom is 0.146 e. The summed E-state index contributed by atoms with van der Waals surface area (Å²) in [6.45, 7) is 7.08. The van der Waals surface area contributed by atoms with Gasteiger partial charge in [0.1, 0.15) is 12.2 Å². The van der Waals surface area contributed by atoms with Crippen LogP contribution in [-0.2, 0) is 18.3 Å². The summed E-state index contributed by atoms with van der Waals surface area (Å²) in [6.07, 6.45) is 2.12. The van der Waals surface area contributed by atoms with E-state index in [0.717, 1.165) is 25.5 Å². The summed E-state index contributed by atoms with van der Waals surface area (Å²) < 4.78 is 8.31. The van der Waals surface area contributed by atoms with E-state index >= 15 is 0 Å². The van der Waals surface area contributed by atoms with E-state index in [1.165, 1.54) is 5.56 Å². The van der Waals surface area contributed by atoms with Gasteiger partial charge < -0.3 is 9.30 Å². The smallest absolute Gasteiger partial charge is 0.146 e. The van der Waals surface area contributed by atoms with E-state index in [1.807, 2.05) is 17.7 Å². The van der Waals surface area contributed by atoms with E-state index in [-0.39, 0.29) is 12.2 Å². The first-order valence-corrected chi connectivity index (χ1v) is 7.89. The van der Waals surface area contributed by atoms with Gasteiger partial charge in [-0.2, -0.15) is 0 Å². The van der Waals surface area contributed by atoms with Crippen LogP contribution in [-0.4, -0.2) is 38.9 Å². The molecular weight excluding hydrogens is 276 g/mol. The van der Waals surface area contributed by atoms with Crippen LogP contribution in [0.1, 0.15) is 31.3 Å². The molecule has 2 aromatic rings. The molecule has 0 amide bonds. The average Bonchev–Trinajstić information content (AvgIpc) is 2.93. The molecule has 0 bridgehead atoms. The second-order valence-electron chi connectivity index (χ2n) is 6.37. The molecule has 0 N–H and O–H groups in total.